The van der Waals surface area contributed by atoms with E-state index in [1.54, 1.807) is 0 Å². The van der Waals surface area contributed by atoms with Gasteiger partial charge in [-0.1, -0.05) is 0 Å². The van der Waals surface area contributed by atoms with Crippen molar-refractivity contribution >= 4 is 11.3 Å². The average Bonchev–Trinajstić information content (AvgIpc) is 3.03. The molecule has 1 aromatic rings. The Morgan fingerprint density at radius 3 is 2.32 bits per heavy atom. The maximum Gasteiger partial charge on any atom is 0.113 e. The number of nitrogens with one attached hydrogen (secondary N) is 1. The number of hydrogen-bond acceptors (Lipinski definition) is 4. The van der Waals surface area contributed by atoms with E-state index in [2.05, 4.69) is 33.0 Å². The third kappa shape index (κ3) is 2.71. The fraction of sp³-hybridized carbons (Fsp3) is 0.800. The van der Waals surface area contributed by atoms with Crippen molar-refractivity contribution < 1.29 is 4.74 Å². The van der Waals surface area contributed by atoms with Gasteiger partial charge in [-0.05, 0) is 53.4 Å². The van der Waals surface area contributed by atoms with Crippen LogP contribution < -0.4 is 5.32 Å². The first-order valence-corrected chi connectivity index (χ1v) is 8.18. The molecular weight excluding hydrogens is 256 g/mol. The van der Waals surface area contributed by atoms with Crippen molar-refractivity contribution in [2.75, 3.05) is 0 Å². The Hall–Kier alpha value is -0.450. The van der Waals surface area contributed by atoms with E-state index in [1.165, 1.54) is 28.4 Å². The van der Waals surface area contributed by atoms with Crippen molar-refractivity contribution in [3.8, 4) is 0 Å². The molecule has 2 atom stereocenters. The summed E-state index contributed by atoms with van der Waals surface area (Å²) in [5.41, 5.74) is 1.23. The molecule has 2 heterocycles. The zero-order valence-corrected chi connectivity index (χ0v) is 13.1. The van der Waals surface area contributed by atoms with Crippen LogP contribution in [-0.2, 0) is 10.3 Å². The Bertz CT molecular complexity index is 432. The largest absolute Gasteiger partial charge is 0.375 e. The van der Waals surface area contributed by atoms with E-state index in [-0.39, 0.29) is 5.54 Å². The molecular formula is C15H24N2OS. The van der Waals surface area contributed by atoms with Gasteiger partial charge >= 0.3 is 0 Å². The lowest BCUT2D eigenvalue weighted by molar-refractivity contribution is -0.0718. The minimum absolute atomic E-state index is 0.0436. The van der Waals surface area contributed by atoms with Crippen LogP contribution in [0.15, 0.2) is 0 Å². The number of rotatable bonds is 3. The summed E-state index contributed by atoms with van der Waals surface area (Å²) in [6, 6.07) is 0.696. The second-order valence-electron chi connectivity index (χ2n) is 6.33. The van der Waals surface area contributed by atoms with E-state index in [9.17, 15) is 0 Å². The lowest BCUT2D eigenvalue weighted by Crippen LogP contribution is -2.51. The average molecular weight is 280 g/mol. The number of hydrogen-bond donors (Lipinski definition) is 1. The van der Waals surface area contributed by atoms with E-state index in [1.807, 2.05) is 11.3 Å². The highest BCUT2D eigenvalue weighted by molar-refractivity contribution is 7.11. The van der Waals surface area contributed by atoms with Gasteiger partial charge in [0.2, 0.25) is 0 Å². The van der Waals surface area contributed by atoms with Gasteiger partial charge in [0.15, 0.2) is 0 Å². The van der Waals surface area contributed by atoms with E-state index in [4.69, 9.17) is 9.72 Å². The van der Waals surface area contributed by atoms with E-state index >= 15 is 0 Å². The maximum atomic E-state index is 5.94. The minimum atomic E-state index is 0.0436. The maximum absolute atomic E-state index is 5.94. The summed E-state index contributed by atoms with van der Waals surface area (Å²) in [5.74, 6) is 0. The number of aromatic nitrogens is 1. The van der Waals surface area contributed by atoms with Crippen molar-refractivity contribution in [2.24, 2.45) is 0 Å². The highest BCUT2D eigenvalue weighted by Gasteiger charge is 2.45. The smallest absolute Gasteiger partial charge is 0.113 e. The van der Waals surface area contributed by atoms with Gasteiger partial charge < -0.3 is 10.1 Å². The molecule has 0 spiro atoms. The van der Waals surface area contributed by atoms with Crippen molar-refractivity contribution in [2.45, 2.75) is 77.2 Å². The van der Waals surface area contributed by atoms with Crippen molar-refractivity contribution in [3.05, 3.63) is 15.6 Å². The molecule has 2 fully saturated rings. The van der Waals surface area contributed by atoms with Crippen LogP contribution in [0.25, 0.3) is 0 Å². The van der Waals surface area contributed by atoms with E-state index in [0.29, 0.717) is 18.2 Å². The third-order valence-electron chi connectivity index (χ3n) is 4.23. The van der Waals surface area contributed by atoms with Crippen LogP contribution in [0, 0.1) is 13.8 Å². The lowest BCUT2D eigenvalue weighted by atomic mass is 9.84. The fourth-order valence-corrected chi connectivity index (χ4v) is 4.29. The van der Waals surface area contributed by atoms with Crippen LogP contribution in [-0.4, -0.2) is 23.2 Å². The van der Waals surface area contributed by atoms with Gasteiger partial charge in [-0.15, -0.1) is 11.3 Å². The standard InChI is InChI=1S/C15H24N2OS/c1-9-7-15(8-10(2)18-9,17-13-5-6-13)14-16-11(3)12(4)19-14/h9-10,13,17H,5-8H2,1-4H3. The van der Waals surface area contributed by atoms with Crippen molar-refractivity contribution in [3.63, 3.8) is 0 Å². The van der Waals surface area contributed by atoms with Gasteiger partial charge in [-0.3, -0.25) is 0 Å². The summed E-state index contributed by atoms with van der Waals surface area (Å²) in [7, 11) is 0. The van der Waals surface area contributed by atoms with Gasteiger partial charge in [-0.2, -0.15) is 0 Å². The summed E-state index contributed by atoms with van der Waals surface area (Å²) in [4.78, 5) is 6.20. The van der Waals surface area contributed by atoms with Crippen LogP contribution >= 0.6 is 11.3 Å². The van der Waals surface area contributed by atoms with Crippen molar-refractivity contribution in [1.82, 2.24) is 10.3 Å². The topological polar surface area (TPSA) is 34.2 Å². The zero-order valence-electron chi connectivity index (χ0n) is 12.3. The molecule has 3 nitrogen and oxygen atoms in total. The summed E-state index contributed by atoms with van der Waals surface area (Å²) >= 11 is 1.86. The van der Waals surface area contributed by atoms with E-state index < -0.39 is 0 Å². The molecule has 1 N–H and O–H groups in total. The summed E-state index contributed by atoms with van der Waals surface area (Å²) in [6.45, 7) is 8.67. The molecule has 4 heteroatoms. The molecule has 1 saturated carbocycles. The number of ether oxygens (including phenoxy) is 1. The molecule has 0 aromatic carbocycles. The molecule has 1 aliphatic heterocycles. The Labute approximate surface area is 119 Å². The predicted octanol–water partition coefficient (Wildman–Crippen LogP) is 3.29. The zero-order chi connectivity index (χ0) is 13.6. The van der Waals surface area contributed by atoms with Crippen LogP contribution in [0.5, 0.6) is 0 Å². The highest BCUT2D eigenvalue weighted by Crippen LogP contribution is 2.42. The monoisotopic (exact) mass is 280 g/mol. The van der Waals surface area contributed by atoms with Crippen LogP contribution in [0.3, 0.4) is 0 Å². The number of aryl methyl sites for hydroxylation is 2. The Morgan fingerprint density at radius 2 is 1.84 bits per heavy atom. The highest BCUT2D eigenvalue weighted by atomic mass is 32.1. The molecule has 0 bridgehead atoms. The lowest BCUT2D eigenvalue weighted by Gasteiger charge is -2.42. The minimum Gasteiger partial charge on any atom is -0.375 e. The predicted molar refractivity (Wildman–Crippen MR) is 78.7 cm³/mol. The molecule has 19 heavy (non-hydrogen) atoms. The first-order chi connectivity index (χ1) is 8.98. The molecule has 1 aliphatic carbocycles. The number of thiazole rings is 1. The first-order valence-electron chi connectivity index (χ1n) is 7.36. The Balaban J connectivity index is 1.94. The molecule has 3 rings (SSSR count). The molecule has 0 radical (unpaired) electrons. The SMILES string of the molecule is Cc1nc(C2(NC3CC3)CC(C)OC(C)C2)sc1C. The molecule has 106 valence electrons. The van der Waals surface area contributed by atoms with Gasteiger partial charge in [0.1, 0.15) is 5.01 Å². The second kappa shape index (κ2) is 4.83. The van der Waals surface area contributed by atoms with Crippen LogP contribution in [0.2, 0.25) is 0 Å². The van der Waals surface area contributed by atoms with Crippen LogP contribution in [0.4, 0.5) is 0 Å². The summed E-state index contributed by atoms with van der Waals surface area (Å²) in [5, 5.41) is 5.17. The van der Waals surface area contributed by atoms with Gasteiger partial charge in [-0.25, -0.2) is 4.98 Å². The Kier molecular flexibility index (Phi) is 3.44. The van der Waals surface area contributed by atoms with Gasteiger partial charge in [0, 0.05) is 10.9 Å². The number of nitrogens with zero attached hydrogens (tertiary/aromatic N) is 1. The molecule has 1 aromatic heterocycles. The first kappa shape index (κ1) is 13.5. The van der Waals surface area contributed by atoms with Crippen LogP contribution in [0.1, 0.15) is 55.1 Å². The quantitative estimate of drug-likeness (QED) is 0.922. The van der Waals surface area contributed by atoms with E-state index in [0.717, 1.165) is 12.8 Å². The molecule has 2 unspecified atom stereocenters. The summed E-state index contributed by atoms with van der Waals surface area (Å²) < 4.78 is 5.94. The van der Waals surface area contributed by atoms with Crippen molar-refractivity contribution in [1.29, 1.82) is 0 Å². The summed E-state index contributed by atoms with van der Waals surface area (Å²) in [6.07, 6.45) is 5.32. The van der Waals surface area contributed by atoms with Gasteiger partial charge in [0.25, 0.3) is 0 Å². The molecule has 0 amide bonds. The molecule has 1 saturated heterocycles. The fourth-order valence-electron chi connectivity index (χ4n) is 3.21. The van der Waals surface area contributed by atoms with Gasteiger partial charge in [0.05, 0.1) is 23.4 Å². The second-order valence-corrected chi connectivity index (χ2v) is 7.53. The third-order valence-corrected chi connectivity index (χ3v) is 5.51. The molecule has 2 aliphatic rings. The normalized spacial score (nSPS) is 35.6. The Morgan fingerprint density at radius 1 is 1.21 bits per heavy atom.